The fourth-order valence-electron chi connectivity index (χ4n) is 1.44. The lowest BCUT2D eigenvalue weighted by Crippen LogP contribution is -2.27. The lowest BCUT2D eigenvalue weighted by atomic mass is 10.2. The van der Waals surface area contributed by atoms with Gasteiger partial charge in [-0.2, -0.15) is 11.3 Å². The van der Waals surface area contributed by atoms with Crippen LogP contribution in [-0.4, -0.2) is 24.9 Å². The molecule has 0 aromatic carbocycles. The fraction of sp³-hybridized carbons (Fsp3) is 0.250. The van der Waals surface area contributed by atoms with Gasteiger partial charge < -0.3 is 19.6 Å². The molecule has 2 aromatic heterocycles. The smallest absolute Gasteiger partial charge is 0.406 e. The number of aliphatic hydroxyl groups excluding tert-OH is 1. The molecule has 0 spiro atoms. The van der Waals surface area contributed by atoms with E-state index in [-0.39, 0.29) is 6.54 Å². The van der Waals surface area contributed by atoms with Gasteiger partial charge in [-0.05, 0) is 23.6 Å². The van der Waals surface area contributed by atoms with Crippen molar-refractivity contribution in [1.82, 2.24) is 5.32 Å². The van der Waals surface area contributed by atoms with E-state index < -0.39 is 12.2 Å². The second-order valence-corrected chi connectivity index (χ2v) is 4.38. The number of ether oxygens (including phenoxy) is 1. The van der Waals surface area contributed by atoms with Crippen LogP contribution in [0.4, 0.5) is 4.79 Å². The molecule has 2 aromatic rings. The number of amides is 1. The number of rotatable bonds is 4. The minimum absolute atomic E-state index is 0.0449. The second kappa shape index (κ2) is 5.70. The third kappa shape index (κ3) is 2.91. The van der Waals surface area contributed by atoms with Crippen molar-refractivity contribution in [2.24, 2.45) is 0 Å². The molecule has 96 valence electrons. The number of aliphatic hydroxyl groups is 1. The Balaban J connectivity index is 1.99. The van der Waals surface area contributed by atoms with Crippen LogP contribution < -0.4 is 5.32 Å². The number of methoxy groups -OCH3 is 1. The van der Waals surface area contributed by atoms with E-state index in [1.165, 1.54) is 7.11 Å². The van der Waals surface area contributed by atoms with E-state index >= 15 is 0 Å². The number of furan rings is 1. The number of carbonyl (C=O) groups is 1. The quantitative estimate of drug-likeness (QED) is 0.892. The first kappa shape index (κ1) is 12.7. The number of hydrogen-bond donors (Lipinski definition) is 2. The van der Waals surface area contributed by atoms with Crippen molar-refractivity contribution in [3.8, 4) is 11.3 Å². The molecule has 0 unspecified atom stereocenters. The predicted octanol–water partition coefficient (Wildman–Crippen LogP) is 2.40. The number of nitrogens with one attached hydrogen (secondary N) is 1. The molecule has 0 saturated carbocycles. The van der Waals surface area contributed by atoms with Crippen LogP contribution in [0.15, 0.2) is 33.4 Å². The Hall–Kier alpha value is -1.79. The fourth-order valence-corrected chi connectivity index (χ4v) is 2.09. The molecule has 6 heteroatoms. The lowest BCUT2D eigenvalue weighted by molar-refractivity contribution is 0.134. The van der Waals surface area contributed by atoms with Crippen LogP contribution in [0.2, 0.25) is 0 Å². The zero-order valence-electron chi connectivity index (χ0n) is 9.75. The Bertz CT molecular complexity index is 506. The maximum absolute atomic E-state index is 10.9. The van der Waals surface area contributed by atoms with Gasteiger partial charge in [-0.1, -0.05) is 0 Å². The molecule has 0 bridgehead atoms. The van der Waals surface area contributed by atoms with Crippen LogP contribution in [0.1, 0.15) is 11.9 Å². The van der Waals surface area contributed by atoms with Crippen molar-refractivity contribution in [1.29, 1.82) is 0 Å². The molecule has 0 aliphatic rings. The molecule has 0 aliphatic carbocycles. The van der Waals surface area contributed by atoms with Gasteiger partial charge >= 0.3 is 6.09 Å². The van der Waals surface area contributed by atoms with E-state index in [2.05, 4.69) is 10.1 Å². The normalized spacial score (nSPS) is 12.1. The zero-order chi connectivity index (χ0) is 13.0. The van der Waals surface area contributed by atoms with E-state index in [9.17, 15) is 9.90 Å². The van der Waals surface area contributed by atoms with Crippen molar-refractivity contribution in [3.63, 3.8) is 0 Å². The molecule has 0 aliphatic heterocycles. The van der Waals surface area contributed by atoms with E-state index in [4.69, 9.17) is 4.42 Å². The third-order valence-corrected chi connectivity index (χ3v) is 3.07. The van der Waals surface area contributed by atoms with Gasteiger partial charge in [0.25, 0.3) is 0 Å². The molecule has 0 saturated heterocycles. The Morgan fingerprint density at radius 2 is 2.39 bits per heavy atom. The summed E-state index contributed by atoms with van der Waals surface area (Å²) in [6.45, 7) is 0.0449. The number of thiophene rings is 1. The summed E-state index contributed by atoms with van der Waals surface area (Å²) in [6, 6.07) is 5.42. The summed E-state index contributed by atoms with van der Waals surface area (Å²) in [5, 5.41) is 16.1. The molecule has 18 heavy (non-hydrogen) atoms. The Kier molecular flexibility index (Phi) is 4.01. The number of hydrogen-bond acceptors (Lipinski definition) is 5. The molecule has 2 N–H and O–H groups in total. The summed E-state index contributed by atoms with van der Waals surface area (Å²) in [4.78, 5) is 10.9. The highest BCUT2D eigenvalue weighted by Gasteiger charge is 2.14. The monoisotopic (exact) mass is 267 g/mol. The van der Waals surface area contributed by atoms with Crippen molar-refractivity contribution >= 4 is 17.4 Å². The van der Waals surface area contributed by atoms with E-state index in [0.29, 0.717) is 11.5 Å². The Labute approximate surface area is 108 Å². The van der Waals surface area contributed by atoms with Gasteiger partial charge in [0.1, 0.15) is 17.6 Å². The first-order valence-corrected chi connectivity index (χ1v) is 6.27. The molecule has 0 radical (unpaired) electrons. The average molecular weight is 267 g/mol. The van der Waals surface area contributed by atoms with E-state index in [1.807, 2.05) is 16.8 Å². The largest absolute Gasteiger partial charge is 0.458 e. The average Bonchev–Trinajstić information content (AvgIpc) is 3.04. The van der Waals surface area contributed by atoms with Gasteiger partial charge in [-0.15, -0.1) is 0 Å². The standard InChI is InChI=1S/C12H13NO4S/c1-16-12(15)13-6-9(14)11-3-2-10(17-11)8-4-5-18-7-8/h2-5,7,9,14H,6H2,1H3,(H,13,15)/t9-/m1/s1. The highest BCUT2D eigenvalue weighted by molar-refractivity contribution is 7.08. The van der Waals surface area contributed by atoms with Crippen LogP contribution in [0, 0.1) is 0 Å². The van der Waals surface area contributed by atoms with Gasteiger partial charge in [0, 0.05) is 10.9 Å². The maximum Gasteiger partial charge on any atom is 0.406 e. The van der Waals surface area contributed by atoms with E-state index in [0.717, 1.165) is 5.56 Å². The SMILES string of the molecule is COC(=O)NC[C@@H](O)c1ccc(-c2ccsc2)o1. The summed E-state index contributed by atoms with van der Waals surface area (Å²) in [5.41, 5.74) is 0.972. The number of alkyl carbamates (subject to hydrolysis) is 1. The van der Waals surface area contributed by atoms with Gasteiger partial charge in [0.05, 0.1) is 13.7 Å². The van der Waals surface area contributed by atoms with E-state index in [1.54, 1.807) is 23.5 Å². The van der Waals surface area contributed by atoms with Crippen molar-refractivity contribution in [2.75, 3.05) is 13.7 Å². The zero-order valence-corrected chi connectivity index (χ0v) is 10.6. The molecular weight excluding hydrogens is 254 g/mol. The summed E-state index contributed by atoms with van der Waals surface area (Å²) in [7, 11) is 1.27. The Morgan fingerprint density at radius 3 is 3.06 bits per heavy atom. The molecule has 2 rings (SSSR count). The lowest BCUT2D eigenvalue weighted by Gasteiger charge is -2.08. The molecular formula is C12H13NO4S. The minimum Gasteiger partial charge on any atom is -0.458 e. The molecule has 5 nitrogen and oxygen atoms in total. The van der Waals surface area contributed by atoms with Gasteiger partial charge in [-0.25, -0.2) is 4.79 Å². The first-order chi connectivity index (χ1) is 8.70. The maximum atomic E-state index is 10.9. The van der Waals surface area contributed by atoms with Crippen molar-refractivity contribution < 1.29 is 19.1 Å². The van der Waals surface area contributed by atoms with Crippen LogP contribution >= 0.6 is 11.3 Å². The second-order valence-electron chi connectivity index (χ2n) is 3.60. The summed E-state index contributed by atoms with van der Waals surface area (Å²) in [6.07, 6.45) is -1.48. The molecule has 2 heterocycles. The summed E-state index contributed by atoms with van der Waals surface area (Å²) >= 11 is 1.57. The predicted molar refractivity (Wildman–Crippen MR) is 67.4 cm³/mol. The molecule has 1 atom stereocenters. The summed E-state index contributed by atoms with van der Waals surface area (Å²) in [5.74, 6) is 1.11. The number of carbonyl (C=O) groups excluding carboxylic acids is 1. The third-order valence-electron chi connectivity index (χ3n) is 2.39. The van der Waals surface area contributed by atoms with Crippen LogP contribution in [0.25, 0.3) is 11.3 Å². The van der Waals surface area contributed by atoms with Crippen LogP contribution in [-0.2, 0) is 4.74 Å². The topological polar surface area (TPSA) is 71.7 Å². The van der Waals surface area contributed by atoms with Gasteiger partial charge in [0.2, 0.25) is 0 Å². The minimum atomic E-state index is -0.892. The highest BCUT2D eigenvalue weighted by Crippen LogP contribution is 2.26. The van der Waals surface area contributed by atoms with Crippen molar-refractivity contribution in [2.45, 2.75) is 6.10 Å². The van der Waals surface area contributed by atoms with Crippen LogP contribution in [0.3, 0.4) is 0 Å². The summed E-state index contributed by atoms with van der Waals surface area (Å²) < 4.78 is 9.93. The van der Waals surface area contributed by atoms with Gasteiger partial charge in [0.15, 0.2) is 0 Å². The molecule has 1 amide bonds. The Morgan fingerprint density at radius 1 is 1.56 bits per heavy atom. The highest BCUT2D eigenvalue weighted by atomic mass is 32.1. The molecule has 0 fully saturated rings. The van der Waals surface area contributed by atoms with Gasteiger partial charge in [-0.3, -0.25) is 0 Å². The van der Waals surface area contributed by atoms with Crippen LogP contribution in [0.5, 0.6) is 0 Å². The van der Waals surface area contributed by atoms with Crippen molar-refractivity contribution in [3.05, 3.63) is 34.7 Å². The first-order valence-electron chi connectivity index (χ1n) is 5.33.